The summed E-state index contributed by atoms with van der Waals surface area (Å²) in [5, 5.41) is 20.1. The Morgan fingerprint density at radius 1 is 1.62 bits per heavy atom. The van der Waals surface area contributed by atoms with Crippen molar-refractivity contribution in [2.24, 2.45) is 5.73 Å². The molecule has 0 rings (SSSR count). The number of carboxylic acid groups (broad SMARTS) is 1. The highest BCUT2D eigenvalue weighted by Crippen LogP contribution is 1.98. The molecular weight excluding hydrogens is 171 g/mol. The topological polar surface area (TPSA) is 95.6 Å². The highest BCUT2D eigenvalue weighted by Gasteiger charge is 2.10. The number of hydrogen-bond acceptors (Lipinski definition) is 4. The first-order chi connectivity index (χ1) is 6.04. The van der Waals surface area contributed by atoms with Crippen LogP contribution < -0.4 is 11.0 Å². The Morgan fingerprint density at radius 2 is 2.23 bits per heavy atom. The van der Waals surface area contributed by atoms with Crippen LogP contribution in [0.25, 0.3) is 0 Å². The van der Waals surface area contributed by atoms with Gasteiger partial charge in [0.2, 0.25) is 0 Å². The second kappa shape index (κ2) is 6.88. The Morgan fingerprint density at radius 3 is 2.69 bits per heavy atom. The van der Waals surface area contributed by atoms with Crippen molar-refractivity contribution < 1.29 is 14.9 Å². The Hall–Kier alpha value is -0.585. The molecule has 0 fully saturated rings. The molecule has 6 heteroatoms. The molecule has 0 radical (unpaired) electrons. The van der Waals surface area contributed by atoms with Gasteiger partial charge in [-0.2, -0.15) is 0 Å². The first kappa shape index (κ1) is 12.4. The van der Waals surface area contributed by atoms with Crippen LogP contribution in [0.1, 0.15) is 19.3 Å². The minimum Gasteiger partial charge on any atom is -0.480 e. The van der Waals surface area contributed by atoms with Gasteiger partial charge in [-0.25, -0.2) is 0 Å². The minimum atomic E-state index is -0.955. The van der Waals surface area contributed by atoms with Gasteiger partial charge in [0.15, 0.2) is 0 Å². The third-order valence-electron chi connectivity index (χ3n) is 1.70. The van der Waals surface area contributed by atoms with E-state index in [1.165, 1.54) is 0 Å². The van der Waals surface area contributed by atoms with E-state index in [-0.39, 0.29) is 0 Å². The van der Waals surface area contributed by atoms with Crippen LogP contribution in [0.3, 0.4) is 0 Å². The summed E-state index contributed by atoms with van der Waals surface area (Å²) >= 11 is 0. The maximum absolute atomic E-state index is 10.3. The van der Waals surface area contributed by atoms with Crippen LogP contribution >= 0.6 is 0 Å². The number of unbranched alkanes of at least 4 members (excludes halogenated alkanes) is 1. The molecule has 0 aromatic heterocycles. The Bertz CT molecular complexity index is 155. The van der Waals surface area contributed by atoms with Crippen molar-refractivity contribution in [1.82, 2.24) is 5.23 Å². The lowest BCUT2D eigenvalue weighted by Gasteiger charge is -2.06. The van der Waals surface area contributed by atoms with Crippen LogP contribution in [0.5, 0.6) is 0 Å². The zero-order valence-corrected chi connectivity index (χ0v) is 7.86. The SMILES string of the molecule is CB(O)NCCCC[C@H](N)C(=O)O. The molecule has 0 spiro atoms. The maximum Gasteiger partial charge on any atom is 0.373 e. The van der Waals surface area contributed by atoms with E-state index in [1.54, 1.807) is 6.82 Å². The summed E-state index contributed by atoms with van der Waals surface area (Å²) in [6.45, 7) is 2.33. The molecule has 13 heavy (non-hydrogen) atoms. The molecule has 0 aliphatic rings. The first-order valence-electron chi connectivity index (χ1n) is 4.44. The Balaban J connectivity index is 3.21. The van der Waals surface area contributed by atoms with Gasteiger partial charge in [-0.15, -0.1) is 0 Å². The molecule has 0 bridgehead atoms. The number of nitrogens with one attached hydrogen (secondary N) is 1. The van der Waals surface area contributed by atoms with Crippen molar-refractivity contribution in [3.8, 4) is 0 Å². The highest BCUT2D eigenvalue weighted by molar-refractivity contribution is 6.45. The number of aliphatic carboxylic acids is 1. The molecule has 0 saturated heterocycles. The zero-order chi connectivity index (χ0) is 10.3. The molecule has 0 unspecified atom stereocenters. The van der Waals surface area contributed by atoms with Gasteiger partial charge in [0, 0.05) is 0 Å². The smallest absolute Gasteiger partial charge is 0.373 e. The lowest BCUT2D eigenvalue weighted by molar-refractivity contribution is -0.138. The van der Waals surface area contributed by atoms with Crippen LogP contribution in [0.4, 0.5) is 0 Å². The van der Waals surface area contributed by atoms with Crippen molar-refractivity contribution >= 4 is 13.0 Å². The van der Waals surface area contributed by atoms with E-state index >= 15 is 0 Å². The van der Waals surface area contributed by atoms with Gasteiger partial charge in [-0.1, -0.05) is 6.42 Å². The summed E-state index contributed by atoms with van der Waals surface area (Å²) in [7, 11) is -0.506. The normalized spacial score (nSPS) is 12.5. The van der Waals surface area contributed by atoms with Crippen LogP contribution in [0.15, 0.2) is 0 Å². The van der Waals surface area contributed by atoms with Crippen molar-refractivity contribution in [3.05, 3.63) is 0 Å². The van der Waals surface area contributed by atoms with Crippen LogP contribution in [-0.4, -0.2) is 35.7 Å². The molecular formula is C7H17BN2O3. The zero-order valence-electron chi connectivity index (χ0n) is 7.86. The van der Waals surface area contributed by atoms with E-state index in [0.29, 0.717) is 13.0 Å². The molecule has 0 aliphatic heterocycles. The predicted molar refractivity (Wildman–Crippen MR) is 51.3 cm³/mol. The molecule has 1 atom stereocenters. The minimum absolute atomic E-state index is 0.483. The van der Waals surface area contributed by atoms with E-state index < -0.39 is 19.1 Å². The Labute approximate surface area is 78.4 Å². The third-order valence-corrected chi connectivity index (χ3v) is 1.70. The van der Waals surface area contributed by atoms with Crippen molar-refractivity contribution in [3.63, 3.8) is 0 Å². The predicted octanol–water partition coefficient (Wildman–Crippen LogP) is -0.731. The molecule has 5 nitrogen and oxygen atoms in total. The Kier molecular flexibility index (Phi) is 6.57. The third kappa shape index (κ3) is 7.77. The molecule has 0 aliphatic carbocycles. The lowest BCUT2D eigenvalue weighted by Crippen LogP contribution is -2.32. The van der Waals surface area contributed by atoms with Gasteiger partial charge in [0.25, 0.3) is 0 Å². The van der Waals surface area contributed by atoms with Gasteiger partial charge in [0.1, 0.15) is 6.04 Å². The monoisotopic (exact) mass is 188 g/mol. The summed E-state index contributed by atoms with van der Waals surface area (Å²) in [6.07, 6.45) is 2.07. The van der Waals surface area contributed by atoms with Crippen LogP contribution in [0.2, 0.25) is 6.82 Å². The fraction of sp³-hybridized carbons (Fsp3) is 0.857. The molecule has 0 aromatic carbocycles. The van der Waals surface area contributed by atoms with E-state index in [0.717, 1.165) is 12.8 Å². The van der Waals surface area contributed by atoms with Gasteiger partial charge >= 0.3 is 13.0 Å². The average molecular weight is 188 g/mol. The number of hydrogen-bond donors (Lipinski definition) is 4. The van der Waals surface area contributed by atoms with Crippen LogP contribution in [0, 0.1) is 0 Å². The summed E-state index contributed by atoms with van der Waals surface area (Å²) < 4.78 is 0. The highest BCUT2D eigenvalue weighted by atomic mass is 16.4. The fourth-order valence-electron chi connectivity index (χ4n) is 0.924. The van der Waals surface area contributed by atoms with Crippen molar-refractivity contribution in [1.29, 1.82) is 0 Å². The molecule has 0 aromatic rings. The van der Waals surface area contributed by atoms with Gasteiger partial charge in [-0.3, -0.25) is 4.79 Å². The first-order valence-corrected chi connectivity index (χ1v) is 4.44. The molecule has 0 heterocycles. The molecule has 76 valence electrons. The second-order valence-corrected chi connectivity index (χ2v) is 3.07. The van der Waals surface area contributed by atoms with Crippen LogP contribution in [-0.2, 0) is 4.79 Å². The second-order valence-electron chi connectivity index (χ2n) is 3.07. The maximum atomic E-state index is 10.3. The number of carboxylic acids is 1. The van der Waals surface area contributed by atoms with Crippen molar-refractivity contribution in [2.75, 3.05) is 6.54 Å². The standard InChI is InChI=1S/C7H17BN2O3/c1-8(13)10-5-3-2-4-6(9)7(11)12/h6,10,13H,2-5,9H2,1H3,(H,11,12)/t6-/m0/s1. The van der Waals surface area contributed by atoms with Crippen molar-refractivity contribution in [2.45, 2.75) is 32.1 Å². The number of rotatable bonds is 7. The van der Waals surface area contributed by atoms with Gasteiger partial charge in [-0.05, 0) is 26.2 Å². The fourth-order valence-corrected chi connectivity index (χ4v) is 0.924. The summed E-state index contributed by atoms with van der Waals surface area (Å²) in [5.41, 5.74) is 5.29. The van der Waals surface area contributed by atoms with E-state index in [4.69, 9.17) is 15.9 Å². The van der Waals surface area contributed by atoms with E-state index in [2.05, 4.69) is 5.23 Å². The summed E-state index contributed by atoms with van der Waals surface area (Å²) in [6, 6.07) is -0.758. The lowest BCUT2D eigenvalue weighted by atomic mass is 9.89. The molecule has 0 amide bonds. The van der Waals surface area contributed by atoms with Gasteiger partial charge in [0.05, 0.1) is 0 Å². The molecule has 5 N–H and O–H groups in total. The summed E-state index contributed by atoms with van der Waals surface area (Å²) in [5.74, 6) is -0.955. The van der Waals surface area contributed by atoms with E-state index in [1.807, 2.05) is 0 Å². The van der Waals surface area contributed by atoms with E-state index in [9.17, 15) is 4.79 Å². The molecule has 0 saturated carbocycles. The number of carbonyl (C=O) groups is 1. The summed E-state index contributed by atoms with van der Waals surface area (Å²) in [4.78, 5) is 10.3. The largest absolute Gasteiger partial charge is 0.480 e. The average Bonchev–Trinajstić information content (AvgIpc) is 2.02. The van der Waals surface area contributed by atoms with Gasteiger partial charge < -0.3 is 21.1 Å². The number of nitrogens with two attached hydrogens (primary N) is 1. The quantitative estimate of drug-likeness (QED) is 0.312.